The molecule has 1 aliphatic heterocycles. The molecule has 0 bridgehead atoms. The van der Waals surface area contributed by atoms with Crippen molar-refractivity contribution in [2.24, 2.45) is 0 Å². The van der Waals surface area contributed by atoms with Crippen LogP contribution in [0.15, 0.2) is 0 Å². The Morgan fingerprint density at radius 3 is 2.73 bits per heavy atom. The molecule has 86 valence electrons. The van der Waals surface area contributed by atoms with E-state index in [1.807, 2.05) is 13.8 Å². The fraction of sp³-hybridized carbons (Fsp3) is 1.00. The van der Waals surface area contributed by atoms with Gasteiger partial charge in [0.05, 0.1) is 20.6 Å². The van der Waals surface area contributed by atoms with E-state index in [1.54, 1.807) is 0 Å². The number of rotatable bonds is 5. The summed E-state index contributed by atoms with van der Waals surface area (Å²) in [6.07, 6.45) is -1.28. The number of aliphatic hydroxyl groups excluding tert-OH is 1. The van der Waals surface area contributed by atoms with Crippen LogP contribution in [0.3, 0.4) is 0 Å². The summed E-state index contributed by atoms with van der Waals surface area (Å²) in [5, 5.41) is 9.85. The van der Waals surface area contributed by atoms with Crippen molar-refractivity contribution >= 4 is 7.85 Å². The molecule has 0 aromatic carbocycles. The van der Waals surface area contributed by atoms with Gasteiger partial charge >= 0.3 is 0 Å². The highest BCUT2D eigenvalue weighted by molar-refractivity contribution is 6.12. The summed E-state index contributed by atoms with van der Waals surface area (Å²) < 4.78 is 16.2. The van der Waals surface area contributed by atoms with Crippen molar-refractivity contribution in [2.45, 2.75) is 38.0 Å². The second-order valence-corrected chi connectivity index (χ2v) is 3.61. The van der Waals surface area contributed by atoms with Gasteiger partial charge in [-0.3, -0.25) is 0 Å². The molecule has 1 fully saturated rings. The Kier molecular flexibility index (Phi) is 5.60. The van der Waals surface area contributed by atoms with E-state index in [4.69, 9.17) is 22.1 Å². The maximum atomic E-state index is 9.85. The van der Waals surface area contributed by atoms with Crippen LogP contribution in [0, 0.1) is 0 Å². The van der Waals surface area contributed by atoms with E-state index in [-0.39, 0.29) is 18.0 Å². The van der Waals surface area contributed by atoms with Crippen LogP contribution in [-0.2, 0) is 14.2 Å². The second-order valence-electron chi connectivity index (χ2n) is 3.61. The molecule has 0 saturated carbocycles. The molecule has 1 heterocycles. The maximum Gasteiger partial charge on any atom is 0.111 e. The molecule has 1 rings (SSSR count). The number of ether oxygens (including phenoxy) is 3. The first-order chi connectivity index (χ1) is 7.20. The zero-order chi connectivity index (χ0) is 11.3. The Balaban J connectivity index is 2.51. The molecule has 2 radical (unpaired) electrons. The van der Waals surface area contributed by atoms with E-state index in [0.29, 0.717) is 26.4 Å². The van der Waals surface area contributed by atoms with Gasteiger partial charge < -0.3 is 19.3 Å². The third-order valence-electron chi connectivity index (χ3n) is 2.49. The molecule has 0 aromatic heterocycles. The molecule has 0 aliphatic carbocycles. The van der Waals surface area contributed by atoms with Gasteiger partial charge in [0.15, 0.2) is 0 Å². The highest BCUT2D eigenvalue weighted by Crippen LogP contribution is 2.24. The maximum absolute atomic E-state index is 9.85. The summed E-state index contributed by atoms with van der Waals surface area (Å²) in [6, 6.07) is 0. The predicted molar refractivity (Wildman–Crippen MR) is 57.2 cm³/mol. The van der Waals surface area contributed by atoms with E-state index in [1.165, 1.54) is 0 Å². The molecule has 2 unspecified atom stereocenters. The summed E-state index contributed by atoms with van der Waals surface area (Å²) in [4.78, 5) is 0. The average Bonchev–Trinajstić information content (AvgIpc) is 2.24. The molecule has 5 heteroatoms. The number of aliphatic hydroxyl groups is 1. The highest BCUT2D eigenvalue weighted by Gasteiger charge is 2.37. The van der Waals surface area contributed by atoms with Crippen LogP contribution in [-0.4, -0.2) is 57.7 Å². The fourth-order valence-corrected chi connectivity index (χ4v) is 1.67. The Morgan fingerprint density at radius 2 is 2.13 bits per heavy atom. The van der Waals surface area contributed by atoms with E-state index in [2.05, 4.69) is 0 Å². The molecule has 0 spiro atoms. The Morgan fingerprint density at radius 1 is 1.40 bits per heavy atom. The van der Waals surface area contributed by atoms with Gasteiger partial charge in [-0.1, -0.05) is 0 Å². The third kappa shape index (κ3) is 3.45. The van der Waals surface area contributed by atoms with Gasteiger partial charge in [0.2, 0.25) is 0 Å². The van der Waals surface area contributed by atoms with E-state index in [9.17, 15) is 5.11 Å². The minimum absolute atomic E-state index is 0.223. The van der Waals surface area contributed by atoms with E-state index in [0.717, 1.165) is 0 Å². The van der Waals surface area contributed by atoms with Crippen LogP contribution in [0.5, 0.6) is 0 Å². The van der Waals surface area contributed by atoms with Gasteiger partial charge in [-0.15, -0.1) is 0 Å². The standard InChI is InChI=1S/C10H19BO4/c1-3-13-6-8-10(14-4-2)9(12)7(11)5-15-8/h7-10,12H,3-6H2,1-2H3/t7-,8-,9?,10?/m1/s1. The Hall–Kier alpha value is -0.0951. The summed E-state index contributed by atoms with van der Waals surface area (Å²) in [5.41, 5.74) is 0. The average molecular weight is 214 g/mol. The largest absolute Gasteiger partial charge is 0.391 e. The molecule has 1 saturated heterocycles. The summed E-state index contributed by atoms with van der Waals surface area (Å²) in [7, 11) is 5.69. The SMILES string of the molecule is [B][C@@H]1CO[C@H](COCC)C(OCC)C1O. The van der Waals surface area contributed by atoms with Crippen molar-refractivity contribution in [3.05, 3.63) is 0 Å². The second kappa shape index (κ2) is 6.48. The van der Waals surface area contributed by atoms with Gasteiger partial charge in [-0.05, 0) is 19.7 Å². The summed E-state index contributed by atoms with van der Waals surface area (Å²) in [5.74, 6) is -0.376. The first kappa shape index (κ1) is 13.0. The van der Waals surface area contributed by atoms with Gasteiger partial charge in [0.25, 0.3) is 0 Å². The molecule has 15 heavy (non-hydrogen) atoms. The molecular weight excluding hydrogens is 195 g/mol. The van der Waals surface area contributed by atoms with Crippen molar-refractivity contribution in [2.75, 3.05) is 26.4 Å². The first-order valence-electron chi connectivity index (χ1n) is 5.45. The van der Waals surface area contributed by atoms with Crippen LogP contribution in [0.25, 0.3) is 0 Å². The zero-order valence-corrected chi connectivity index (χ0v) is 9.39. The van der Waals surface area contributed by atoms with Crippen LogP contribution in [0.2, 0.25) is 5.82 Å². The predicted octanol–water partition coefficient (Wildman–Crippen LogP) is 0.145. The Labute approximate surface area is 92.3 Å². The minimum atomic E-state index is -0.677. The minimum Gasteiger partial charge on any atom is -0.391 e. The van der Waals surface area contributed by atoms with Crippen LogP contribution in [0.4, 0.5) is 0 Å². The van der Waals surface area contributed by atoms with Gasteiger partial charge in [0, 0.05) is 19.8 Å². The van der Waals surface area contributed by atoms with E-state index >= 15 is 0 Å². The van der Waals surface area contributed by atoms with Gasteiger partial charge in [0.1, 0.15) is 12.2 Å². The topological polar surface area (TPSA) is 47.9 Å². The quantitative estimate of drug-likeness (QED) is 0.661. The normalized spacial score (nSPS) is 36.7. The van der Waals surface area contributed by atoms with Crippen molar-refractivity contribution < 1.29 is 19.3 Å². The molecule has 1 N–H and O–H groups in total. The molecule has 4 nitrogen and oxygen atoms in total. The third-order valence-corrected chi connectivity index (χ3v) is 2.49. The lowest BCUT2D eigenvalue weighted by Crippen LogP contribution is -2.51. The molecule has 0 aromatic rings. The lowest BCUT2D eigenvalue weighted by atomic mass is 9.78. The van der Waals surface area contributed by atoms with Crippen molar-refractivity contribution in [3.8, 4) is 0 Å². The van der Waals surface area contributed by atoms with Crippen molar-refractivity contribution in [1.82, 2.24) is 0 Å². The number of hydrogen-bond donors (Lipinski definition) is 1. The lowest BCUT2D eigenvalue weighted by molar-refractivity contribution is -0.173. The van der Waals surface area contributed by atoms with Gasteiger partial charge in [-0.25, -0.2) is 0 Å². The monoisotopic (exact) mass is 214 g/mol. The molecule has 4 atom stereocenters. The summed E-state index contributed by atoms with van der Waals surface area (Å²) >= 11 is 0. The van der Waals surface area contributed by atoms with Crippen LogP contribution < -0.4 is 0 Å². The number of hydrogen-bond acceptors (Lipinski definition) is 4. The summed E-state index contributed by atoms with van der Waals surface area (Å²) in [6.45, 7) is 5.74. The molecular formula is C10H19BO4. The molecule has 0 amide bonds. The van der Waals surface area contributed by atoms with Gasteiger partial charge in [-0.2, -0.15) is 0 Å². The zero-order valence-electron chi connectivity index (χ0n) is 9.39. The van der Waals surface area contributed by atoms with Crippen molar-refractivity contribution in [3.63, 3.8) is 0 Å². The van der Waals surface area contributed by atoms with Crippen LogP contribution >= 0.6 is 0 Å². The van der Waals surface area contributed by atoms with Crippen LogP contribution in [0.1, 0.15) is 13.8 Å². The fourth-order valence-electron chi connectivity index (χ4n) is 1.67. The first-order valence-corrected chi connectivity index (χ1v) is 5.45. The molecule has 1 aliphatic rings. The van der Waals surface area contributed by atoms with Crippen molar-refractivity contribution in [1.29, 1.82) is 0 Å². The van der Waals surface area contributed by atoms with E-state index < -0.39 is 6.10 Å². The smallest absolute Gasteiger partial charge is 0.111 e. The Bertz CT molecular complexity index is 177. The highest BCUT2D eigenvalue weighted by atomic mass is 16.6. The lowest BCUT2D eigenvalue weighted by Gasteiger charge is -2.38.